The number of ether oxygens (including phenoxy) is 3. The molecule has 0 radical (unpaired) electrons. The van der Waals surface area contributed by atoms with E-state index in [1.165, 1.54) is 4.90 Å². The lowest BCUT2D eigenvalue weighted by Crippen LogP contribution is -2.29. The summed E-state index contributed by atoms with van der Waals surface area (Å²) in [6, 6.07) is 18.1. The second-order valence-electron chi connectivity index (χ2n) is 10.4. The lowest BCUT2D eigenvalue weighted by molar-refractivity contribution is 0.0499. The van der Waals surface area contributed by atoms with Gasteiger partial charge in [-0.25, -0.2) is 4.79 Å². The number of carbonyl (C=O) groups is 2. The van der Waals surface area contributed by atoms with Crippen LogP contribution in [0.4, 0.5) is 5.69 Å². The number of benzene rings is 3. The van der Waals surface area contributed by atoms with Gasteiger partial charge in [0.1, 0.15) is 5.58 Å². The van der Waals surface area contributed by atoms with Crippen LogP contribution in [0.1, 0.15) is 71.7 Å². The van der Waals surface area contributed by atoms with Crippen LogP contribution in [0.3, 0.4) is 0 Å². The van der Waals surface area contributed by atoms with Crippen molar-refractivity contribution in [3.8, 4) is 11.5 Å². The molecule has 8 nitrogen and oxygen atoms in total. The number of hydrogen-bond acceptors (Lipinski definition) is 7. The highest BCUT2D eigenvalue weighted by Gasteiger charge is 2.44. The van der Waals surface area contributed by atoms with Gasteiger partial charge in [-0.05, 0) is 66.4 Å². The predicted octanol–water partition coefficient (Wildman–Crippen LogP) is 6.54. The fourth-order valence-electron chi connectivity index (χ4n) is 4.88. The second kappa shape index (κ2) is 11.9. The standard InChI is InChI=1S/C33H33NO7/c1-5-6-17-39-33(37)21-11-14-23(15-12-21)34-29(22-13-16-26(27(18-22)38-4)40-19-20(2)3)28-30(35)24-9-7-8-10-25(24)41-31(28)32(34)36/h7-16,18,20,29H,5-6,17,19H2,1-4H3. The average Bonchev–Trinajstić information content (AvgIpc) is 3.28. The molecule has 8 heteroatoms. The monoisotopic (exact) mass is 555 g/mol. The Balaban J connectivity index is 1.61. The van der Waals surface area contributed by atoms with E-state index in [2.05, 4.69) is 13.8 Å². The summed E-state index contributed by atoms with van der Waals surface area (Å²) in [4.78, 5) is 41.7. The molecule has 0 fully saturated rings. The van der Waals surface area contributed by atoms with Crippen LogP contribution in [0.2, 0.25) is 0 Å². The van der Waals surface area contributed by atoms with Crippen LogP contribution < -0.4 is 19.8 Å². The number of para-hydroxylation sites is 1. The molecule has 1 aromatic heterocycles. The molecular weight excluding hydrogens is 522 g/mol. The fourth-order valence-corrected chi connectivity index (χ4v) is 4.88. The molecule has 0 spiro atoms. The van der Waals surface area contributed by atoms with Crippen molar-refractivity contribution in [3.05, 3.63) is 99.4 Å². The first-order chi connectivity index (χ1) is 19.8. The molecule has 1 amide bonds. The van der Waals surface area contributed by atoms with E-state index >= 15 is 0 Å². The van der Waals surface area contributed by atoms with Crippen molar-refractivity contribution in [1.82, 2.24) is 0 Å². The maximum Gasteiger partial charge on any atom is 0.338 e. The third-order valence-electron chi connectivity index (χ3n) is 6.97. The van der Waals surface area contributed by atoms with Gasteiger partial charge >= 0.3 is 5.97 Å². The molecule has 0 bridgehead atoms. The third-order valence-corrected chi connectivity index (χ3v) is 6.97. The minimum Gasteiger partial charge on any atom is -0.493 e. The van der Waals surface area contributed by atoms with Gasteiger partial charge in [-0.3, -0.25) is 14.5 Å². The molecule has 4 aromatic rings. The lowest BCUT2D eigenvalue weighted by Gasteiger charge is -2.26. The Morgan fingerprint density at radius 3 is 2.46 bits per heavy atom. The van der Waals surface area contributed by atoms with Crippen LogP contribution in [-0.4, -0.2) is 32.2 Å². The molecule has 3 aromatic carbocycles. The summed E-state index contributed by atoms with van der Waals surface area (Å²) in [5.41, 5.74) is 1.83. The van der Waals surface area contributed by atoms with E-state index < -0.39 is 17.9 Å². The van der Waals surface area contributed by atoms with Gasteiger partial charge < -0.3 is 18.6 Å². The quantitative estimate of drug-likeness (QED) is 0.162. The molecule has 1 atom stereocenters. The number of amides is 1. The molecule has 212 valence electrons. The minimum atomic E-state index is -0.797. The first-order valence-corrected chi connectivity index (χ1v) is 13.8. The third kappa shape index (κ3) is 5.42. The van der Waals surface area contributed by atoms with Crippen molar-refractivity contribution in [2.24, 2.45) is 5.92 Å². The molecule has 0 N–H and O–H groups in total. The average molecular weight is 556 g/mol. The van der Waals surface area contributed by atoms with Crippen molar-refractivity contribution in [1.29, 1.82) is 0 Å². The number of esters is 1. The van der Waals surface area contributed by atoms with E-state index in [1.54, 1.807) is 67.8 Å². The van der Waals surface area contributed by atoms with Gasteiger partial charge in [0, 0.05) is 5.69 Å². The highest BCUT2D eigenvalue weighted by Crippen LogP contribution is 2.43. The van der Waals surface area contributed by atoms with E-state index in [-0.39, 0.29) is 16.8 Å². The second-order valence-corrected chi connectivity index (χ2v) is 10.4. The molecule has 2 heterocycles. The summed E-state index contributed by atoms with van der Waals surface area (Å²) in [5.74, 6) is 0.476. The van der Waals surface area contributed by atoms with E-state index in [1.807, 2.05) is 13.0 Å². The molecule has 1 unspecified atom stereocenters. The molecule has 1 aliphatic rings. The number of nitrogens with zero attached hydrogens (tertiary/aromatic N) is 1. The molecule has 1 aliphatic heterocycles. The number of hydrogen-bond donors (Lipinski definition) is 0. The minimum absolute atomic E-state index is 0.0131. The van der Waals surface area contributed by atoms with E-state index in [0.29, 0.717) is 58.4 Å². The van der Waals surface area contributed by atoms with E-state index in [9.17, 15) is 14.4 Å². The van der Waals surface area contributed by atoms with Crippen LogP contribution in [0.15, 0.2) is 75.9 Å². The number of rotatable bonds is 10. The molecule has 5 rings (SSSR count). The van der Waals surface area contributed by atoms with Crippen molar-refractivity contribution in [3.63, 3.8) is 0 Å². The first-order valence-electron chi connectivity index (χ1n) is 13.8. The van der Waals surface area contributed by atoms with Gasteiger partial charge in [0.2, 0.25) is 5.76 Å². The number of anilines is 1. The number of carbonyl (C=O) groups excluding carboxylic acids is 2. The topological polar surface area (TPSA) is 95.3 Å². The molecule has 0 saturated carbocycles. The van der Waals surface area contributed by atoms with Crippen molar-refractivity contribution >= 4 is 28.5 Å². The number of unbranched alkanes of at least 4 members (excludes halogenated alkanes) is 1. The SMILES string of the molecule is CCCCOC(=O)c1ccc(N2C(=O)c3oc4ccccc4c(=O)c3C2c2ccc(OCC(C)C)c(OC)c2)cc1. The Morgan fingerprint density at radius 2 is 1.76 bits per heavy atom. The number of fused-ring (bicyclic) bond motifs is 2. The Labute approximate surface area is 238 Å². The largest absolute Gasteiger partial charge is 0.493 e. The normalized spacial score (nSPS) is 14.4. The summed E-state index contributed by atoms with van der Waals surface area (Å²) < 4.78 is 22.9. The Kier molecular flexibility index (Phi) is 8.10. The van der Waals surface area contributed by atoms with Gasteiger partial charge in [0.15, 0.2) is 16.9 Å². The molecular formula is C33H33NO7. The number of methoxy groups -OCH3 is 1. The van der Waals surface area contributed by atoms with E-state index in [4.69, 9.17) is 18.6 Å². The highest BCUT2D eigenvalue weighted by atomic mass is 16.5. The maximum absolute atomic E-state index is 13.9. The summed E-state index contributed by atoms with van der Waals surface area (Å²) in [6.45, 7) is 6.99. The summed E-state index contributed by atoms with van der Waals surface area (Å²) >= 11 is 0. The zero-order valence-electron chi connectivity index (χ0n) is 23.6. The van der Waals surface area contributed by atoms with Gasteiger partial charge in [-0.2, -0.15) is 0 Å². The van der Waals surface area contributed by atoms with Gasteiger partial charge in [0.25, 0.3) is 5.91 Å². The van der Waals surface area contributed by atoms with E-state index in [0.717, 1.165) is 12.8 Å². The van der Waals surface area contributed by atoms with Gasteiger partial charge in [-0.15, -0.1) is 0 Å². The van der Waals surface area contributed by atoms with Gasteiger partial charge in [0.05, 0.1) is 42.9 Å². The Morgan fingerprint density at radius 1 is 1.00 bits per heavy atom. The zero-order valence-corrected chi connectivity index (χ0v) is 23.6. The summed E-state index contributed by atoms with van der Waals surface area (Å²) in [6.07, 6.45) is 1.70. The van der Waals surface area contributed by atoms with Crippen molar-refractivity contribution < 1.29 is 28.2 Å². The lowest BCUT2D eigenvalue weighted by atomic mass is 9.97. The van der Waals surface area contributed by atoms with Crippen molar-refractivity contribution in [2.75, 3.05) is 25.2 Å². The van der Waals surface area contributed by atoms with Crippen LogP contribution in [0, 0.1) is 5.92 Å². The Bertz CT molecular complexity index is 1640. The smallest absolute Gasteiger partial charge is 0.338 e. The summed E-state index contributed by atoms with van der Waals surface area (Å²) in [5, 5.41) is 0.389. The predicted molar refractivity (Wildman–Crippen MR) is 156 cm³/mol. The van der Waals surface area contributed by atoms with Crippen LogP contribution in [-0.2, 0) is 4.74 Å². The van der Waals surface area contributed by atoms with Crippen molar-refractivity contribution in [2.45, 2.75) is 39.7 Å². The van der Waals surface area contributed by atoms with Crippen LogP contribution >= 0.6 is 0 Å². The fraction of sp³-hybridized carbons (Fsp3) is 0.303. The Hall–Kier alpha value is -4.59. The zero-order chi connectivity index (χ0) is 29.1. The van der Waals surface area contributed by atoms with Gasteiger partial charge in [-0.1, -0.05) is 45.4 Å². The molecule has 0 aliphatic carbocycles. The molecule has 0 saturated heterocycles. The summed E-state index contributed by atoms with van der Waals surface area (Å²) in [7, 11) is 1.55. The first kappa shape index (κ1) is 28.0. The molecule has 41 heavy (non-hydrogen) atoms. The highest BCUT2D eigenvalue weighted by molar-refractivity contribution is 6.10. The van der Waals surface area contributed by atoms with Crippen LogP contribution in [0.25, 0.3) is 11.0 Å². The maximum atomic E-state index is 13.9. The van der Waals surface area contributed by atoms with Crippen LogP contribution in [0.5, 0.6) is 11.5 Å².